The summed E-state index contributed by atoms with van der Waals surface area (Å²) in [6, 6.07) is 8.31. The first-order valence-corrected chi connectivity index (χ1v) is 3.76. The van der Waals surface area contributed by atoms with Gasteiger partial charge in [0.05, 0.1) is 0 Å². The first-order chi connectivity index (χ1) is 5.24. The summed E-state index contributed by atoms with van der Waals surface area (Å²) in [5, 5.41) is 3.16. The minimum atomic E-state index is 0.399. The second kappa shape index (κ2) is 3.39. The van der Waals surface area contributed by atoms with Crippen molar-refractivity contribution >= 4 is 5.69 Å². The Morgan fingerprint density at radius 2 is 1.82 bits per heavy atom. The summed E-state index contributed by atoms with van der Waals surface area (Å²) in [5.74, 6) is 0. The summed E-state index contributed by atoms with van der Waals surface area (Å²) in [6.07, 6.45) is 0. The summed E-state index contributed by atoms with van der Waals surface area (Å²) >= 11 is 0. The molecular formula is C9H14N2. The lowest BCUT2D eigenvalue weighted by Crippen LogP contribution is -2.11. The van der Waals surface area contributed by atoms with Gasteiger partial charge in [-0.15, -0.1) is 0 Å². The summed E-state index contributed by atoms with van der Waals surface area (Å²) < 4.78 is 0. The smallest absolute Gasteiger partial charge is 0.0314 e. The third-order valence-corrected chi connectivity index (χ3v) is 1.87. The fourth-order valence-corrected chi connectivity index (χ4v) is 0.951. The molecule has 1 atom stereocenters. The third-order valence-electron chi connectivity index (χ3n) is 1.87. The quantitative estimate of drug-likeness (QED) is 0.628. The van der Waals surface area contributed by atoms with Gasteiger partial charge in [0.2, 0.25) is 0 Å². The number of rotatable bonds is 2. The average molecular weight is 150 g/mol. The topological polar surface area (TPSA) is 38.0 Å². The molecule has 2 heteroatoms. The molecule has 0 aliphatic carbocycles. The van der Waals surface area contributed by atoms with Crippen LogP contribution in [0, 0.1) is 0 Å². The molecule has 1 aromatic rings. The summed E-state index contributed by atoms with van der Waals surface area (Å²) in [6.45, 7) is 2.12. The number of hydrogen-bond donors (Lipinski definition) is 2. The van der Waals surface area contributed by atoms with Gasteiger partial charge < -0.3 is 11.1 Å². The fraction of sp³-hybridized carbons (Fsp3) is 0.333. The van der Waals surface area contributed by atoms with Crippen LogP contribution < -0.4 is 11.1 Å². The van der Waals surface area contributed by atoms with E-state index in [0.717, 1.165) is 5.69 Å². The number of benzene rings is 1. The molecule has 60 valence electrons. The van der Waals surface area contributed by atoms with Crippen LogP contribution in [0.25, 0.3) is 0 Å². The highest BCUT2D eigenvalue weighted by Gasteiger charge is 1.99. The Kier molecular flexibility index (Phi) is 2.49. The fourth-order valence-electron chi connectivity index (χ4n) is 0.951. The molecule has 0 aliphatic heterocycles. The molecule has 0 amide bonds. The summed E-state index contributed by atoms with van der Waals surface area (Å²) in [4.78, 5) is 0. The molecule has 3 N–H and O–H groups in total. The number of nitrogens with one attached hydrogen (secondary N) is 1. The van der Waals surface area contributed by atoms with Crippen LogP contribution in [0.1, 0.15) is 18.5 Å². The van der Waals surface area contributed by atoms with E-state index in [2.05, 4.69) is 12.2 Å². The van der Waals surface area contributed by atoms with E-state index >= 15 is 0 Å². The van der Waals surface area contributed by atoms with Gasteiger partial charge in [0, 0.05) is 11.7 Å². The van der Waals surface area contributed by atoms with Gasteiger partial charge in [-0.3, -0.25) is 0 Å². The van der Waals surface area contributed by atoms with Crippen LogP contribution in [0.4, 0.5) is 5.69 Å². The van der Waals surface area contributed by atoms with Crippen LogP contribution in [0.5, 0.6) is 0 Å². The van der Waals surface area contributed by atoms with Crippen LogP contribution in [0.15, 0.2) is 24.3 Å². The van der Waals surface area contributed by atoms with Crippen molar-refractivity contribution in [2.24, 2.45) is 0 Å². The molecular weight excluding hydrogens is 136 g/mol. The Labute approximate surface area is 67.4 Å². The Hall–Kier alpha value is -1.02. The molecule has 0 bridgehead atoms. The molecule has 0 heterocycles. The Morgan fingerprint density at radius 1 is 1.27 bits per heavy atom. The molecule has 0 fully saturated rings. The van der Waals surface area contributed by atoms with Gasteiger partial charge in [-0.2, -0.15) is 0 Å². The number of hydrogen-bond acceptors (Lipinski definition) is 2. The molecule has 0 unspecified atom stereocenters. The molecule has 0 saturated carbocycles. The van der Waals surface area contributed by atoms with Gasteiger partial charge in [-0.1, -0.05) is 12.1 Å². The monoisotopic (exact) mass is 150 g/mol. The Bertz CT molecular complexity index is 216. The zero-order chi connectivity index (χ0) is 8.27. The lowest BCUT2D eigenvalue weighted by atomic mass is 10.1. The minimum Gasteiger partial charge on any atom is -0.399 e. The zero-order valence-electron chi connectivity index (χ0n) is 6.96. The van der Waals surface area contributed by atoms with E-state index in [0.29, 0.717) is 6.04 Å². The molecule has 0 radical (unpaired) electrons. The van der Waals surface area contributed by atoms with Gasteiger partial charge in [-0.05, 0) is 31.7 Å². The first kappa shape index (κ1) is 8.08. The highest BCUT2D eigenvalue weighted by molar-refractivity contribution is 5.39. The van der Waals surface area contributed by atoms with E-state index in [9.17, 15) is 0 Å². The normalized spacial score (nSPS) is 12.9. The lowest BCUT2D eigenvalue weighted by molar-refractivity contribution is 0.652. The maximum absolute atomic E-state index is 5.55. The largest absolute Gasteiger partial charge is 0.399 e. The van der Waals surface area contributed by atoms with Crippen molar-refractivity contribution in [1.29, 1.82) is 0 Å². The highest BCUT2D eigenvalue weighted by Crippen LogP contribution is 2.12. The van der Waals surface area contributed by atoms with E-state index in [1.807, 2.05) is 31.3 Å². The predicted octanol–water partition coefficient (Wildman–Crippen LogP) is 1.55. The van der Waals surface area contributed by atoms with Gasteiger partial charge in [0.25, 0.3) is 0 Å². The standard InChI is InChI=1S/C9H14N2/c1-7(11-2)8-3-5-9(10)6-4-8/h3-7,11H,10H2,1-2H3/t7-/m1/s1. The number of nitrogen functional groups attached to an aromatic ring is 1. The summed E-state index contributed by atoms with van der Waals surface area (Å²) in [5.41, 5.74) is 7.63. The number of nitrogens with two attached hydrogens (primary N) is 1. The van der Waals surface area contributed by atoms with E-state index < -0.39 is 0 Å². The minimum absolute atomic E-state index is 0.399. The lowest BCUT2D eigenvalue weighted by Gasteiger charge is -2.09. The van der Waals surface area contributed by atoms with Crippen molar-refractivity contribution in [2.45, 2.75) is 13.0 Å². The molecule has 2 nitrogen and oxygen atoms in total. The van der Waals surface area contributed by atoms with E-state index in [1.165, 1.54) is 5.56 Å². The zero-order valence-corrected chi connectivity index (χ0v) is 6.96. The van der Waals surface area contributed by atoms with Crippen LogP contribution >= 0.6 is 0 Å². The maximum atomic E-state index is 5.55. The van der Waals surface area contributed by atoms with Crippen molar-refractivity contribution in [1.82, 2.24) is 5.32 Å². The second-order valence-corrected chi connectivity index (χ2v) is 2.68. The Morgan fingerprint density at radius 3 is 2.27 bits per heavy atom. The van der Waals surface area contributed by atoms with E-state index in [-0.39, 0.29) is 0 Å². The van der Waals surface area contributed by atoms with Crippen LogP contribution in [-0.2, 0) is 0 Å². The second-order valence-electron chi connectivity index (χ2n) is 2.68. The molecule has 1 rings (SSSR count). The van der Waals surface area contributed by atoms with Gasteiger partial charge in [0.1, 0.15) is 0 Å². The van der Waals surface area contributed by atoms with E-state index in [1.54, 1.807) is 0 Å². The predicted molar refractivity (Wildman–Crippen MR) is 48.3 cm³/mol. The van der Waals surface area contributed by atoms with Crippen molar-refractivity contribution in [3.05, 3.63) is 29.8 Å². The first-order valence-electron chi connectivity index (χ1n) is 3.76. The van der Waals surface area contributed by atoms with Crippen molar-refractivity contribution < 1.29 is 0 Å². The highest BCUT2D eigenvalue weighted by atomic mass is 14.8. The molecule has 11 heavy (non-hydrogen) atoms. The van der Waals surface area contributed by atoms with Gasteiger partial charge in [-0.25, -0.2) is 0 Å². The van der Waals surface area contributed by atoms with Crippen LogP contribution in [0.3, 0.4) is 0 Å². The van der Waals surface area contributed by atoms with Gasteiger partial charge in [0.15, 0.2) is 0 Å². The average Bonchev–Trinajstić information content (AvgIpc) is 2.05. The van der Waals surface area contributed by atoms with Crippen LogP contribution in [-0.4, -0.2) is 7.05 Å². The molecule has 0 saturated heterocycles. The van der Waals surface area contributed by atoms with Gasteiger partial charge >= 0.3 is 0 Å². The van der Waals surface area contributed by atoms with Crippen molar-refractivity contribution in [2.75, 3.05) is 12.8 Å². The van der Waals surface area contributed by atoms with Crippen LogP contribution in [0.2, 0.25) is 0 Å². The molecule has 0 spiro atoms. The SMILES string of the molecule is CN[C@H](C)c1ccc(N)cc1. The van der Waals surface area contributed by atoms with Crippen molar-refractivity contribution in [3.63, 3.8) is 0 Å². The molecule has 0 aromatic heterocycles. The van der Waals surface area contributed by atoms with E-state index in [4.69, 9.17) is 5.73 Å². The maximum Gasteiger partial charge on any atom is 0.0314 e. The summed E-state index contributed by atoms with van der Waals surface area (Å²) in [7, 11) is 1.95. The Balaban J connectivity index is 2.81. The third kappa shape index (κ3) is 1.95. The van der Waals surface area contributed by atoms with Crippen molar-refractivity contribution in [3.8, 4) is 0 Å². The number of anilines is 1. The molecule has 1 aromatic carbocycles. The molecule has 0 aliphatic rings.